The normalized spacial score (nSPS) is 18.1. The van der Waals surface area contributed by atoms with Gasteiger partial charge in [0.1, 0.15) is 25.4 Å². The highest BCUT2D eigenvalue weighted by Crippen LogP contribution is 2.35. The number of ether oxygens (including phenoxy) is 4. The van der Waals surface area contributed by atoms with E-state index in [9.17, 15) is 9.90 Å². The molecular weight excluding hydrogens is 440 g/mol. The van der Waals surface area contributed by atoms with Gasteiger partial charge in [0.2, 0.25) is 5.88 Å². The van der Waals surface area contributed by atoms with Crippen LogP contribution >= 0.6 is 0 Å². The summed E-state index contributed by atoms with van der Waals surface area (Å²) in [5.74, 6) is 1.78. The zero-order valence-corrected chi connectivity index (χ0v) is 18.8. The first-order chi connectivity index (χ1) is 16.6. The molecule has 2 atom stereocenters. The van der Waals surface area contributed by atoms with Crippen molar-refractivity contribution in [3.8, 4) is 17.4 Å². The minimum atomic E-state index is -0.849. The summed E-state index contributed by atoms with van der Waals surface area (Å²) < 4.78 is 21.8. The highest BCUT2D eigenvalue weighted by molar-refractivity contribution is 5.90. The number of aliphatic hydroxyl groups excluding tert-OH is 1. The number of anilines is 1. The SMILES string of the molecule is COc1ccc2nccc(CCNC[C@@H](O)[C@H]3CN(c4ccc5c(c4)OCCO5)C(=O)O3)c2n1. The highest BCUT2D eigenvalue weighted by atomic mass is 16.6. The average Bonchev–Trinajstić information content (AvgIpc) is 3.27. The van der Waals surface area contributed by atoms with Gasteiger partial charge in [0, 0.05) is 24.9 Å². The Labute approximate surface area is 196 Å². The van der Waals surface area contributed by atoms with Crippen LogP contribution in [0.2, 0.25) is 0 Å². The van der Waals surface area contributed by atoms with Crippen LogP contribution in [-0.2, 0) is 11.2 Å². The van der Waals surface area contributed by atoms with Gasteiger partial charge >= 0.3 is 6.09 Å². The van der Waals surface area contributed by atoms with Crippen LogP contribution in [0.15, 0.2) is 42.6 Å². The van der Waals surface area contributed by atoms with Gasteiger partial charge < -0.3 is 29.4 Å². The number of fused-ring (bicyclic) bond motifs is 2. The Morgan fingerprint density at radius 2 is 2.06 bits per heavy atom. The maximum Gasteiger partial charge on any atom is 0.414 e. The van der Waals surface area contributed by atoms with Crippen molar-refractivity contribution in [3.05, 3.63) is 48.2 Å². The number of nitrogens with one attached hydrogen (secondary N) is 1. The zero-order valence-electron chi connectivity index (χ0n) is 18.8. The summed E-state index contributed by atoms with van der Waals surface area (Å²) in [6, 6.07) is 10.9. The molecule has 0 unspecified atom stereocenters. The van der Waals surface area contributed by atoms with E-state index in [0.29, 0.717) is 49.2 Å². The van der Waals surface area contributed by atoms with Crippen molar-refractivity contribution >= 4 is 22.8 Å². The molecule has 1 saturated heterocycles. The summed E-state index contributed by atoms with van der Waals surface area (Å²) in [6.45, 7) is 2.11. The Morgan fingerprint density at radius 3 is 2.91 bits per heavy atom. The number of benzene rings is 1. The van der Waals surface area contributed by atoms with Crippen molar-refractivity contribution in [1.82, 2.24) is 15.3 Å². The van der Waals surface area contributed by atoms with Gasteiger partial charge in [0.25, 0.3) is 0 Å². The summed E-state index contributed by atoms with van der Waals surface area (Å²) in [5, 5.41) is 13.8. The molecule has 1 aromatic carbocycles. The molecule has 0 spiro atoms. The standard InChI is InChI=1S/C24H26N4O6/c1-31-22-5-3-17-23(27-22)15(7-9-26-17)6-8-25-13-18(29)21-14-28(24(30)34-21)16-2-4-19-20(12-16)33-11-10-32-19/h2-5,7,9,12,18,21,25,29H,6,8,10-11,13-14H2,1H3/t18-,21-/m1/s1. The number of pyridine rings is 2. The minimum absolute atomic E-state index is 0.250. The van der Waals surface area contributed by atoms with E-state index >= 15 is 0 Å². The van der Waals surface area contributed by atoms with Crippen molar-refractivity contribution in [2.45, 2.75) is 18.6 Å². The lowest BCUT2D eigenvalue weighted by Crippen LogP contribution is -2.39. The number of rotatable bonds is 8. The summed E-state index contributed by atoms with van der Waals surface area (Å²) in [4.78, 5) is 22.8. The molecule has 2 aliphatic heterocycles. The molecule has 3 aromatic rings. The molecule has 2 aromatic heterocycles. The van der Waals surface area contributed by atoms with Gasteiger partial charge in [-0.3, -0.25) is 9.88 Å². The number of nitrogens with zero attached hydrogens (tertiary/aromatic N) is 3. The lowest BCUT2D eigenvalue weighted by molar-refractivity contribution is 0.0333. The van der Waals surface area contributed by atoms with Crippen LogP contribution in [0.25, 0.3) is 11.0 Å². The summed E-state index contributed by atoms with van der Waals surface area (Å²) >= 11 is 0. The van der Waals surface area contributed by atoms with E-state index in [1.807, 2.05) is 12.1 Å². The van der Waals surface area contributed by atoms with E-state index in [1.54, 1.807) is 37.6 Å². The molecule has 0 bridgehead atoms. The molecule has 10 heteroatoms. The monoisotopic (exact) mass is 466 g/mol. The quantitative estimate of drug-likeness (QED) is 0.481. The predicted molar refractivity (Wildman–Crippen MR) is 124 cm³/mol. The summed E-state index contributed by atoms with van der Waals surface area (Å²) in [5.41, 5.74) is 3.27. The maximum atomic E-state index is 12.4. The van der Waals surface area contributed by atoms with Crippen molar-refractivity contribution in [2.24, 2.45) is 0 Å². The lowest BCUT2D eigenvalue weighted by atomic mass is 10.1. The van der Waals surface area contributed by atoms with E-state index in [0.717, 1.165) is 16.6 Å². The van der Waals surface area contributed by atoms with Crippen LogP contribution in [0.1, 0.15) is 5.56 Å². The topological polar surface area (TPSA) is 115 Å². The maximum absolute atomic E-state index is 12.4. The Morgan fingerprint density at radius 1 is 1.21 bits per heavy atom. The van der Waals surface area contributed by atoms with Crippen LogP contribution in [-0.4, -0.2) is 73.3 Å². The first-order valence-corrected chi connectivity index (χ1v) is 11.2. The Hall–Kier alpha value is -3.63. The van der Waals surface area contributed by atoms with E-state index in [4.69, 9.17) is 18.9 Å². The molecule has 2 aliphatic rings. The van der Waals surface area contributed by atoms with Crippen LogP contribution < -0.4 is 24.4 Å². The number of cyclic esters (lactones) is 1. The van der Waals surface area contributed by atoms with E-state index < -0.39 is 18.3 Å². The van der Waals surface area contributed by atoms with Gasteiger partial charge in [-0.2, -0.15) is 0 Å². The Kier molecular flexibility index (Phi) is 6.33. The van der Waals surface area contributed by atoms with Crippen LogP contribution in [0.5, 0.6) is 17.4 Å². The Balaban J connectivity index is 1.15. The molecule has 4 heterocycles. The molecule has 178 valence electrons. The highest BCUT2D eigenvalue weighted by Gasteiger charge is 2.37. The van der Waals surface area contributed by atoms with Gasteiger partial charge in [-0.1, -0.05) is 0 Å². The zero-order chi connectivity index (χ0) is 23.5. The van der Waals surface area contributed by atoms with Crippen molar-refractivity contribution in [1.29, 1.82) is 0 Å². The number of hydrogen-bond acceptors (Lipinski definition) is 9. The molecular formula is C24H26N4O6. The molecule has 34 heavy (non-hydrogen) atoms. The lowest BCUT2D eigenvalue weighted by Gasteiger charge is -2.21. The minimum Gasteiger partial charge on any atom is -0.486 e. The number of carbonyl (C=O) groups excluding carboxylic acids is 1. The predicted octanol–water partition coefficient (Wildman–Crippen LogP) is 1.93. The third kappa shape index (κ3) is 4.55. The van der Waals surface area contributed by atoms with Gasteiger partial charge in [-0.05, 0) is 42.8 Å². The van der Waals surface area contributed by atoms with Gasteiger partial charge in [0.05, 0.1) is 30.4 Å². The molecule has 0 aliphatic carbocycles. The fraction of sp³-hybridized carbons (Fsp3) is 0.375. The van der Waals surface area contributed by atoms with Crippen molar-refractivity contribution < 1.29 is 28.8 Å². The van der Waals surface area contributed by atoms with Gasteiger partial charge in [-0.25, -0.2) is 9.78 Å². The molecule has 5 rings (SSSR count). The number of methoxy groups -OCH3 is 1. The number of aromatic nitrogens is 2. The Bertz CT molecular complexity index is 1190. The van der Waals surface area contributed by atoms with Crippen LogP contribution in [0.4, 0.5) is 10.5 Å². The first-order valence-electron chi connectivity index (χ1n) is 11.2. The number of carbonyl (C=O) groups is 1. The second-order valence-corrected chi connectivity index (χ2v) is 8.07. The molecule has 10 nitrogen and oxygen atoms in total. The van der Waals surface area contributed by atoms with E-state index in [2.05, 4.69) is 15.3 Å². The van der Waals surface area contributed by atoms with Crippen LogP contribution in [0, 0.1) is 0 Å². The van der Waals surface area contributed by atoms with Crippen molar-refractivity contribution in [3.63, 3.8) is 0 Å². The second kappa shape index (κ2) is 9.70. The van der Waals surface area contributed by atoms with Crippen molar-refractivity contribution in [2.75, 3.05) is 44.9 Å². The number of aliphatic hydroxyl groups is 1. The summed E-state index contributed by atoms with van der Waals surface area (Å²) in [6.07, 6.45) is 0.466. The molecule has 1 amide bonds. The third-order valence-corrected chi connectivity index (χ3v) is 5.88. The van der Waals surface area contributed by atoms with Gasteiger partial charge in [-0.15, -0.1) is 0 Å². The second-order valence-electron chi connectivity index (χ2n) is 8.07. The third-order valence-electron chi connectivity index (χ3n) is 5.88. The largest absolute Gasteiger partial charge is 0.486 e. The smallest absolute Gasteiger partial charge is 0.414 e. The molecule has 1 fully saturated rings. The van der Waals surface area contributed by atoms with E-state index in [1.165, 1.54) is 4.90 Å². The fourth-order valence-corrected chi connectivity index (χ4v) is 4.08. The molecule has 0 radical (unpaired) electrons. The van der Waals surface area contributed by atoms with Crippen LogP contribution in [0.3, 0.4) is 0 Å². The number of hydrogen-bond donors (Lipinski definition) is 2. The fourth-order valence-electron chi connectivity index (χ4n) is 4.08. The molecule has 0 saturated carbocycles. The first kappa shape index (κ1) is 22.2. The van der Waals surface area contributed by atoms with Gasteiger partial charge in [0.15, 0.2) is 11.5 Å². The van der Waals surface area contributed by atoms with E-state index in [-0.39, 0.29) is 13.1 Å². The molecule has 2 N–H and O–H groups in total. The average molecular weight is 466 g/mol. The number of amides is 1. The summed E-state index contributed by atoms with van der Waals surface area (Å²) in [7, 11) is 1.58.